The zero-order chi connectivity index (χ0) is 22.1. The third-order valence-corrected chi connectivity index (χ3v) is 5.78. The van der Waals surface area contributed by atoms with Crippen molar-refractivity contribution < 1.29 is 21.6 Å². The molecule has 3 aromatic rings. The van der Waals surface area contributed by atoms with E-state index in [0.717, 1.165) is 22.3 Å². The van der Waals surface area contributed by atoms with Gasteiger partial charge in [0.2, 0.25) is 0 Å². The van der Waals surface area contributed by atoms with Crippen LogP contribution >= 0.6 is 0 Å². The molecule has 0 atom stereocenters. The number of hydrogen-bond donors (Lipinski definition) is 1. The summed E-state index contributed by atoms with van der Waals surface area (Å²) in [5.41, 5.74) is -2.73. The number of rotatable bonds is 6. The van der Waals surface area contributed by atoms with Crippen LogP contribution in [0.25, 0.3) is 10.9 Å². The van der Waals surface area contributed by atoms with Crippen molar-refractivity contribution in [2.24, 2.45) is 0 Å². The summed E-state index contributed by atoms with van der Waals surface area (Å²) in [4.78, 5) is 17.1. The van der Waals surface area contributed by atoms with Crippen LogP contribution in [0.2, 0.25) is 0 Å². The molecule has 0 aliphatic rings. The third-order valence-electron chi connectivity index (χ3n) is 4.67. The SMILES string of the molecule is CCc1cc2c(ccc(=O)n2Cc2ccc(NS(=O)(=O)C(F)(F)F)cc2)c(CC)n1. The molecule has 0 fully saturated rings. The number of pyridine rings is 2. The van der Waals surface area contributed by atoms with Crippen molar-refractivity contribution in [2.75, 3.05) is 4.72 Å². The van der Waals surface area contributed by atoms with Crippen LogP contribution in [0.5, 0.6) is 0 Å². The number of hydrogen-bond acceptors (Lipinski definition) is 4. The molecule has 1 N–H and O–H groups in total. The molecule has 10 heteroatoms. The van der Waals surface area contributed by atoms with Crippen LogP contribution in [0.3, 0.4) is 0 Å². The first-order chi connectivity index (χ1) is 14.1. The lowest BCUT2D eigenvalue weighted by Gasteiger charge is -2.14. The standard InChI is InChI=1S/C20H20F3N3O3S/c1-3-14-11-18-16(17(4-2)24-14)9-10-19(27)26(18)12-13-5-7-15(8-6-13)25-30(28,29)20(21,22)23/h5-11,25H,3-4,12H2,1-2H3. The quantitative estimate of drug-likeness (QED) is 0.633. The van der Waals surface area contributed by atoms with E-state index in [1.165, 1.54) is 35.1 Å². The Labute approximate surface area is 171 Å². The van der Waals surface area contributed by atoms with E-state index in [2.05, 4.69) is 4.98 Å². The fourth-order valence-electron chi connectivity index (χ4n) is 3.10. The van der Waals surface area contributed by atoms with Crippen LogP contribution in [-0.4, -0.2) is 23.5 Å². The lowest BCUT2D eigenvalue weighted by atomic mass is 10.1. The number of sulfonamides is 1. The zero-order valence-corrected chi connectivity index (χ0v) is 17.1. The second-order valence-corrected chi connectivity index (χ2v) is 8.38. The number of aryl methyl sites for hydroxylation is 2. The number of nitrogens with zero attached hydrogens (tertiary/aromatic N) is 2. The number of aromatic nitrogens is 2. The van der Waals surface area contributed by atoms with Gasteiger partial charge >= 0.3 is 15.5 Å². The predicted molar refractivity (Wildman–Crippen MR) is 109 cm³/mol. The van der Waals surface area contributed by atoms with E-state index in [9.17, 15) is 26.4 Å². The summed E-state index contributed by atoms with van der Waals surface area (Å²) in [5, 5.41) is 0.865. The number of halogens is 3. The van der Waals surface area contributed by atoms with Crippen molar-refractivity contribution in [1.29, 1.82) is 0 Å². The van der Waals surface area contributed by atoms with Gasteiger partial charge in [0.1, 0.15) is 0 Å². The van der Waals surface area contributed by atoms with Crippen molar-refractivity contribution in [3.8, 4) is 0 Å². The minimum Gasteiger partial charge on any atom is -0.304 e. The molecule has 0 saturated heterocycles. The molecule has 0 aliphatic heterocycles. The largest absolute Gasteiger partial charge is 0.516 e. The van der Waals surface area contributed by atoms with Crippen molar-refractivity contribution in [3.63, 3.8) is 0 Å². The fraction of sp³-hybridized carbons (Fsp3) is 0.300. The van der Waals surface area contributed by atoms with Crippen LogP contribution in [0, 0.1) is 0 Å². The Bertz CT molecular complexity index is 1230. The first-order valence-corrected chi connectivity index (χ1v) is 10.7. The highest BCUT2D eigenvalue weighted by Crippen LogP contribution is 2.26. The monoisotopic (exact) mass is 439 g/mol. The molecule has 0 saturated carbocycles. The molecule has 0 radical (unpaired) electrons. The van der Waals surface area contributed by atoms with Gasteiger partial charge in [0.25, 0.3) is 5.56 Å². The first-order valence-electron chi connectivity index (χ1n) is 9.26. The third kappa shape index (κ3) is 4.33. The van der Waals surface area contributed by atoms with Gasteiger partial charge in [-0.2, -0.15) is 21.6 Å². The Balaban J connectivity index is 1.97. The van der Waals surface area contributed by atoms with E-state index in [1.54, 1.807) is 10.6 Å². The lowest BCUT2D eigenvalue weighted by Crippen LogP contribution is -2.29. The van der Waals surface area contributed by atoms with Crippen LogP contribution in [-0.2, 0) is 29.4 Å². The predicted octanol–water partition coefficient (Wildman–Crippen LogP) is 3.83. The highest BCUT2D eigenvalue weighted by Gasteiger charge is 2.46. The van der Waals surface area contributed by atoms with Gasteiger partial charge in [-0.05, 0) is 42.7 Å². The van der Waals surface area contributed by atoms with Crippen LogP contribution in [0.4, 0.5) is 18.9 Å². The van der Waals surface area contributed by atoms with Gasteiger partial charge in [0.05, 0.1) is 12.1 Å². The molecule has 0 amide bonds. The first kappa shape index (κ1) is 21.8. The lowest BCUT2D eigenvalue weighted by molar-refractivity contribution is -0.0429. The molecule has 6 nitrogen and oxygen atoms in total. The van der Waals surface area contributed by atoms with Gasteiger partial charge < -0.3 is 4.57 Å². The summed E-state index contributed by atoms with van der Waals surface area (Å²) >= 11 is 0. The normalized spacial score (nSPS) is 12.3. The molecule has 1 aromatic carbocycles. The van der Waals surface area contributed by atoms with Crippen molar-refractivity contribution >= 4 is 26.6 Å². The van der Waals surface area contributed by atoms with E-state index < -0.39 is 15.5 Å². The summed E-state index contributed by atoms with van der Waals surface area (Å²) in [7, 11) is -5.49. The van der Waals surface area contributed by atoms with Gasteiger partial charge in [-0.3, -0.25) is 14.5 Å². The molecule has 0 spiro atoms. The van der Waals surface area contributed by atoms with E-state index in [-0.39, 0.29) is 17.8 Å². The highest BCUT2D eigenvalue weighted by atomic mass is 32.2. The van der Waals surface area contributed by atoms with Crippen molar-refractivity contribution in [2.45, 2.75) is 38.7 Å². The summed E-state index contributed by atoms with van der Waals surface area (Å²) in [5.74, 6) is 0. The Kier molecular flexibility index (Phi) is 5.89. The smallest absolute Gasteiger partial charge is 0.304 e. The van der Waals surface area contributed by atoms with E-state index >= 15 is 0 Å². The number of nitrogens with one attached hydrogen (secondary N) is 1. The topological polar surface area (TPSA) is 81.1 Å². The van der Waals surface area contributed by atoms with Gasteiger partial charge in [0.15, 0.2) is 0 Å². The van der Waals surface area contributed by atoms with Crippen molar-refractivity contribution in [1.82, 2.24) is 9.55 Å². The summed E-state index contributed by atoms with van der Waals surface area (Å²) in [6.45, 7) is 4.13. The second kappa shape index (κ2) is 8.10. The van der Waals surface area contributed by atoms with Crippen LogP contribution in [0.1, 0.15) is 30.8 Å². The maximum atomic E-state index is 12.5. The number of alkyl halides is 3. The molecule has 2 aromatic heterocycles. The summed E-state index contributed by atoms with van der Waals surface area (Å²) < 4.78 is 63.0. The number of anilines is 1. The van der Waals surface area contributed by atoms with Gasteiger partial charge in [-0.15, -0.1) is 0 Å². The molecular weight excluding hydrogens is 419 g/mol. The van der Waals surface area contributed by atoms with E-state index in [0.29, 0.717) is 18.4 Å². The average molecular weight is 439 g/mol. The summed E-state index contributed by atoms with van der Waals surface area (Å²) in [6, 6.07) is 10.5. The molecule has 160 valence electrons. The zero-order valence-electron chi connectivity index (χ0n) is 16.3. The maximum absolute atomic E-state index is 12.5. The van der Waals surface area contributed by atoms with Crippen LogP contribution < -0.4 is 10.3 Å². The Morgan fingerprint density at radius 2 is 1.70 bits per heavy atom. The van der Waals surface area contributed by atoms with Crippen LogP contribution in [0.15, 0.2) is 47.3 Å². The molecular formula is C20H20F3N3O3S. The van der Waals surface area contributed by atoms with Gasteiger partial charge in [-0.25, -0.2) is 0 Å². The second-order valence-electron chi connectivity index (χ2n) is 6.71. The van der Waals surface area contributed by atoms with Gasteiger partial charge in [0, 0.05) is 28.5 Å². The van der Waals surface area contributed by atoms with Gasteiger partial charge in [-0.1, -0.05) is 26.0 Å². The highest BCUT2D eigenvalue weighted by molar-refractivity contribution is 7.93. The minimum absolute atomic E-state index is 0.179. The van der Waals surface area contributed by atoms with E-state index in [4.69, 9.17) is 0 Å². The Hall–Kier alpha value is -2.88. The number of benzene rings is 1. The minimum atomic E-state index is -5.49. The Morgan fingerprint density at radius 1 is 1.03 bits per heavy atom. The molecule has 0 bridgehead atoms. The molecule has 2 heterocycles. The molecule has 0 unspecified atom stereocenters. The van der Waals surface area contributed by atoms with Crippen molar-refractivity contribution in [3.05, 3.63) is 69.8 Å². The fourth-order valence-corrected chi connectivity index (χ4v) is 3.67. The molecule has 0 aliphatic carbocycles. The Morgan fingerprint density at radius 3 is 2.27 bits per heavy atom. The van der Waals surface area contributed by atoms with E-state index in [1.807, 2.05) is 19.9 Å². The molecule has 3 rings (SSSR count). The number of fused-ring (bicyclic) bond motifs is 1. The molecule has 30 heavy (non-hydrogen) atoms. The maximum Gasteiger partial charge on any atom is 0.516 e. The average Bonchev–Trinajstić information content (AvgIpc) is 2.69. The summed E-state index contributed by atoms with van der Waals surface area (Å²) in [6.07, 6.45) is 1.41.